The number of piperidine rings is 1. The maximum absolute atomic E-state index is 13.7. The number of fused-ring (bicyclic) bond motifs is 4. The van der Waals surface area contributed by atoms with Crippen LogP contribution in [0.15, 0.2) is 60.9 Å². The van der Waals surface area contributed by atoms with Crippen LogP contribution in [0.1, 0.15) is 43.0 Å². The predicted octanol–water partition coefficient (Wildman–Crippen LogP) is 6.62. The van der Waals surface area contributed by atoms with Crippen molar-refractivity contribution in [2.45, 2.75) is 45.2 Å². The summed E-state index contributed by atoms with van der Waals surface area (Å²) >= 11 is 0. The number of carbonyl (C=O) groups excluding carboxylic acids is 1. The molecule has 2 saturated carbocycles. The van der Waals surface area contributed by atoms with Crippen LogP contribution in [0.25, 0.3) is 33.5 Å². The van der Waals surface area contributed by atoms with E-state index in [2.05, 4.69) is 55.5 Å². The first kappa shape index (κ1) is 25.4. The second kappa shape index (κ2) is 9.61. The fraction of sp³-hybridized carbons (Fsp3) is 0.382. The van der Waals surface area contributed by atoms with E-state index >= 15 is 0 Å². The van der Waals surface area contributed by atoms with Crippen LogP contribution in [0.5, 0.6) is 5.75 Å². The van der Waals surface area contributed by atoms with E-state index in [1.54, 1.807) is 19.5 Å². The Morgan fingerprint density at radius 3 is 2.57 bits per heavy atom. The molecule has 2 aromatic carbocycles. The highest BCUT2D eigenvalue weighted by Gasteiger charge is 2.46. The van der Waals surface area contributed by atoms with Gasteiger partial charge in [-0.05, 0) is 85.9 Å². The standard InChI is InChI=1S/C34H36N6O2/c1-20-23-7-9-28(20)40(19-23)34(41)24-14-27-32(31(16-24)42-3)38(2)33(37-27)30-15-22-6-8-26(36-25-10-12-35-13-11-25)17-29(22)39(30)18-21-4-5-21/h6,8,10-17,20-21,23,28H,4-5,7,9,18-19H2,1-3H3,(H,35,36)/t20-,23?,28?/m1/s1. The number of anilines is 2. The fourth-order valence-electron chi connectivity index (χ4n) is 7.40. The van der Waals surface area contributed by atoms with Crippen LogP contribution in [0.4, 0.5) is 11.4 Å². The number of likely N-dealkylation sites (tertiary alicyclic amines) is 1. The van der Waals surface area contributed by atoms with Gasteiger partial charge in [0.25, 0.3) is 5.91 Å². The van der Waals surface area contributed by atoms with Crippen LogP contribution in [0.2, 0.25) is 0 Å². The van der Waals surface area contributed by atoms with E-state index in [-0.39, 0.29) is 5.91 Å². The van der Waals surface area contributed by atoms with Crippen molar-refractivity contribution in [1.82, 2.24) is 24.0 Å². The van der Waals surface area contributed by atoms with E-state index in [1.165, 1.54) is 30.2 Å². The molecule has 1 saturated heterocycles. The number of aryl methyl sites for hydroxylation is 1. The third-order valence-corrected chi connectivity index (χ3v) is 9.92. The summed E-state index contributed by atoms with van der Waals surface area (Å²) in [6.07, 6.45) is 8.44. The Labute approximate surface area is 245 Å². The van der Waals surface area contributed by atoms with Gasteiger partial charge in [0.2, 0.25) is 0 Å². The van der Waals surface area contributed by atoms with Gasteiger partial charge in [-0.1, -0.05) is 13.0 Å². The molecule has 0 spiro atoms. The van der Waals surface area contributed by atoms with Crippen molar-refractivity contribution in [1.29, 1.82) is 0 Å². The monoisotopic (exact) mass is 560 g/mol. The van der Waals surface area contributed by atoms with Crippen molar-refractivity contribution >= 4 is 39.2 Å². The zero-order valence-corrected chi connectivity index (χ0v) is 24.4. The molecular weight excluding hydrogens is 524 g/mol. The Morgan fingerprint density at radius 2 is 1.86 bits per heavy atom. The van der Waals surface area contributed by atoms with Crippen molar-refractivity contribution in [3.05, 3.63) is 66.5 Å². The van der Waals surface area contributed by atoms with Crippen LogP contribution in [-0.2, 0) is 13.6 Å². The number of nitrogens with zero attached hydrogens (tertiary/aromatic N) is 5. The molecule has 3 aliphatic rings. The van der Waals surface area contributed by atoms with Gasteiger partial charge in [-0.15, -0.1) is 0 Å². The fourth-order valence-corrected chi connectivity index (χ4v) is 7.40. The van der Waals surface area contributed by atoms with Crippen LogP contribution >= 0.6 is 0 Å². The van der Waals surface area contributed by atoms with Gasteiger partial charge in [-0.3, -0.25) is 9.78 Å². The number of hydrogen-bond donors (Lipinski definition) is 1. The van der Waals surface area contributed by atoms with Crippen LogP contribution in [-0.4, -0.2) is 49.6 Å². The van der Waals surface area contributed by atoms with E-state index in [0.29, 0.717) is 35.1 Å². The lowest BCUT2D eigenvalue weighted by Gasteiger charge is -2.27. The van der Waals surface area contributed by atoms with Crippen molar-refractivity contribution in [3.8, 4) is 17.3 Å². The first-order valence-corrected chi connectivity index (χ1v) is 15.1. The lowest BCUT2D eigenvalue weighted by atomic mass is 10.0. The molecule has 8 rings (SSSR count). The maximum Gasteiger partial charge on any atom is 0.254 e. The normalized spacial score (nSPS) is 21.5. The Balaban J connectivity index is 1.21. The zero-order valence-electron chi connectivity index (χ0n) is 24.4. The highest BCUT2D eigenvalue weighted by atomic mass is 16.5. The summed E-state index contributed by atoms with van der Waals surface area (Å²) in [5, 5.41) is 4.69. The van der Waals surface area contributed by atoms with Crippen molar-refractivity contribution in [2.75, 3.05) is 19.0 Å². The van der Waals surface area contributed by atoms with Gasteiger partial charge in [0.1, 0.15) is 11.3 Å². The molecule has 3 fully saturated rings. The Morgan fingerprint density at radius 1 is 1.02 bits per heavy atom. The average Bonchev–Trinajstić information content (AvgIpc) is 3.42. The van der Waals surface area contributed by atoms with Crippen LogP contribution in [0, 0.1) is 17.8 Å². The molecule has 2 aliphatic carbocycles. The van der Waals surface area contributed by atoms with Crippen molar-refractivity contribution < 1.29 is 9.53 Å². The minimum Gasteiger partial charge on any atom is -0.494 e. The molecule has 4 heterocycles. The second-order valence-electron chi connectivity index (χ2n) is 12.5. The third kappa shape index (κ3) is 4.07. The molecule has 42 heavy (non-hydrogen) atoms. The minimum atomic E-state index is 0.0959. The smallest absolute Gasteiger partial charge is 0.254 e. The summed E-state index contributed by atoms with van der Waals surface area (Å²) in [5.41, 5.74) is 6.67. The van der Waals surface area contributed by atoms with Crippen molar-refractivity contribution in [3.63, 3.8) is 0 Å². The maximum atomic E-state index is 13.7. The van der Waals surface area contributed by atoms with Gasteiger partial charge in [0, 0.05) is 60.9 Å². The minimum absolute atomic E-state index is 0.0959. The number of benzene rings is 2. The molecule has 2 unspecified atom stereocenters. The van der Waals surface area contributed by atoms with Gasteiger partial charge < -0.3 is 24.1 Å². The summed E-state index contributed by atoms with van der Waals surface area (Å²) in [6.45, 7) is 4.11. The molecule has 3 atom stereocenters. The molecule has 1 N–H and O–H groups in total. The number of amides is 1. The first-order valence-electron chi connectivity index (χ1n) is 15.1. The molecule has 3 aromatic heterocycles. The van der Waals surface area contributed by atoms with Gasteiger partial charge in [-0.25, -0.2) is 4.98 Å². The molecule has 5 aromatic rings. The van der Waals surface area contributed by atoms with Crippen molar-refractivity contribution in [2.24, 2.45) is 24.8 Å². The van der Waals surface area contributed by atoms with E-state index in [4.69, 9.17) is 9.72 Å². The molecule has 1 aliphatic heterocycles. The quantitative estimate of drug-likeness (QED) is 0.242. The largest absolute Gasteiger partial charge is 0.494 e. The molecular formula is C34H36N6O2. The van der Waals surface area contributed by atoms with Gasteiger partial charge in [-0.2, -0.15) is 0 Å². The lowest BCUT2D eigenvalue weighted by Crippen LogP contribution is -2.38. The summed E-state index contributed by atoms with van der Waals surface area (Å²) in [5.74, 6) is 3.54. The first-order chi connectivity index (χ1) is 20.5. The lowest BCUT2D eigenvalue weighted by molar-refractivity contribution is 0.0696. The molecule has 8 heteroatoms. The SMILES string of the molecule is COc1cc(C(=O)N2CC3CCC2[C@@H]3C)cc2nc(-c3cc4ccc(Nc5ccncc5)cc4n3CC3CC3)n(C)c12. The summed E-state index contributed by atoms with van der Waals surface area (Å²) in [4.78, 5) is 25.1. The van der Waals surface area contributed by atoms with Gasteiger partial charge in [0.15, 0.2) is 5.82 Å². The summed E-state index contributed by atoms with van der Waals surface area (Å²) in [7, 11) is 3.72. The number of methoxy groups -OCH3 is 1. The van der Waals surface area contributed by atoms with Crippen LogP contribution < -0.4 is 10.1 Å². The predicted molar refractivity (Wildman–Crippen MR) is 165 cm³/mol. The topological polar surface area (TPSA) is 77.2 Å². The van der Waals surface area contributed by atoms with E-state index in [1.807, 2.05) is 31.3 Å². The van der Waals surface area contributed by atoms with Crippen LogP contribution in [0.3, 0.4) is 0 Å². The number of nitrogens with one attached hydrogen (secondary N) is 1. The number of hydrogen-bond acceptors (Lipinski definition) is 5. The number of aromatic nitrogens is 4. The molecule has 2 bridgehead atoms. The molecule has 1 amide bonds. The number of ether oxygens (including phenoxy) is 1. The Hall–Kier alpha value is -4.33. The highest BCUT2D eigenvalue weighted by molar-refractivity contribution is 6.00. The highest BCUT2D eigenvalue weighted by Crippen LogP contribution is 2.44. The number of rotatable bonds is 7. The summed E-state index contributed by atoms with van der Waals surface area (Å²) < 4.78 is 10.4. The number of pyridine rings is 1. The molecule has 0 radical (unpaired) electrons. The van der Waals surface area contributed by atoms with Gasteiger partial charge >= 0.3 is 0 Å². The van der Waals surface area contributed by atoms with E-state index in [0.717, 1.165) is 53.4 Å². The Bertz CT molecular complexity index is 1840. The second-order valence-corrected chi connectivity index (χ2v) is 12.5. The average molecular weight is 561 g/mol. The molecule has 8 nitrogen and oxygen atoms in total. The van der Waals surface area contributed by atoms with E-state index in [9.17, 15) is 4.79 Å². The number of imidazole rings is 1. The van der Waals surface area contributed by atoms with Gasteiger partial charge in [0.05, 0.1) is 23.8 Å². The Kier molecular flexibility index (Phi) is 5.81. The number of carbonyl (C=O) groups is 1. The molecule has 214 valence electrons. The van der Waals surface area contributed by atoms with E-state index < -0.39 is 0 Å². The zero-order chi connectivity index (χ0) is 28.5. The third-order valence-electron chi connectivity index (χ3n) is 9.92. The summed E-state index contributed by atoms with van der Waals surface area (Å²) in [6, 6.07) is 16.9.